The number of rotatable bonds is 6. The second kappa shape index (κ2) is 6.17. The molecule has 1 aliphatic carbocycles. The molecule has 7 heteroatoms. The SMILES string of the molecule is CC(CS(=O)(=O)CC(=O)NC1CCCC1)C(=O)O. The summed E-state index contributed by atoms with van der Waals surface area (Å²) in [7, 11) is -3.66. The molecule has 1 saturated carbocycles. The highest BCUT2D eigenvalue weighted by molar-refractivity contribution is 7.92. The minimum Gasteiger partial charge on any atom is -0.481 e. The van der Waals surface area contributed by atoms with Crippen LogP contribution in [-0.4, -0.2) is 42.9 Å². The lowest BCUT2D eigenvalue weighted by Crippen LogP contribution is -2.38. The van der Waals surface area contributed by atoms with Gasteiger partial charge in [0.25, 0.3) is 0 Å². The summed E-state index contributed by atoms with van der Waals surface area (Å²) in [5, 5.41) is 11.3. The van der Waals surface area contributed by atoms with Gasteiger partial charge in [0.15, 0.2) is 9.84 Å². The molecule has 1 atom stereocenters. The van der Waals surface area contributed by atoms with E-state index in [0.717, 1.165) is 25.7 Å². The van der Waals surface area contributed by atoms with Crippen LogP contribution in [0.1, 0.15) is 32.6 Å². The molecule has 0 heterocycles. The molecule has 0 aromatic heterocycles. The second-order valence-electron chi connectivity index (χ2n) is 4.84. The van der Waals surface area contributed by atoms with Gasteiger partial charge >= 0.3 is 5.97 Å². The Morgan fingerprint density at radius 2 is 1.89 bits per heavy atom. The molecule has 2 N–H and O–H groups in total. The molecule has 104 valence electrons. The molecule has 0 bridgehead atoms. The third-order valence-corrected chi connectivity index (χ3v) is 4.71. The highest BCUT2D eigenvalue weighted by atomic mass is 32.2. The molecule has 1 amide bonds. The number of carbonyl (C=O) groups is 2. The van der Waals surface area contributed by atoms with Crippen molar-refractivity contribution in [2.24, 2.45) is 5.92 Å². The van der Waals surface area contributed by atoms with E-state index in [1.165, 1.54) is 6.92 Å². The molecular formula is C11H19NO5S. The number of nitrogens with one attached hydrogen (secondary N) is 1. The molecule has 6 nitrogen and oxygen atoms in total. The monoisotopic (exact) mass is 277 g/mol. The fourth-order valence-corrected chi connectivity index (χ4v) is 3.56. The Morgan fingerprint density at radius 1 is 1.33 bits per heavy atom. The predicted molar refractivity (Wildman–Crippen MR) is 65.9 cm³/mol. The normalized spacial score (nSPS) is 18.5. The molecule has 1 unspecified atom stereocenters. The van der Waals surface area contributed by atoms with E-state index in [2.05, 4.69) is 5.32 Å². The maximum Gasteiger partial charge on any atom is 0.307 e. The molecule has 0 aromatic rings. The smallest absolute Gasteiger partial charge is 0.307 e. The van der Waals surface area contributed by atoms with Gasteiger partial charge in [0, 0.05) is 6.04 Å². The molecule has 18 heavy (non-hydrogen) atoms. The standard InChI is InChI=1S/C11H19NO5S/c1-8(11(14)15)6-18(16,17)7-10(13)12-9-4-2-3-5-9/h8-9H,2-7H2,1H3,(H,12,13)(H,14,15). The summed E-state index contributed by atoms with van der Waals surface area (Å²) in [4.78, 5) is 22.1. The minimum atomic E-state index is -3.66. The molecule has 1 fully saturated rings. The lowest BCUT2D eigenvalue weighted by molar-refractivity contribution is -0.140. The Kier molecular flexibility index (Phi) is 5.13. The van der Waals surface area contributed by atoms with Gasteiger partial charge in [-0.15, -0.1) is 0 Å². The van der Waals surface area contributed by atoms with Crippen LogP contribution in [0.2, 0.25) is 0 Å². The van der Waals surface area contributed by atoms with Crippen LogP contribution in [0, 0.1) is 5.92 Å². The van der Waals surface area contributed by atoms with Crippen molar-refractivity contribution in [1.82, 2.24) is 5.32 Å². The Hall–Kier alpha value is -1.11. The highest BCUT2D eigenvalue weighted by Gasteiger charge is 2.25. The van der Waals surface area contributed by atoms with Crippen molar-refractivity contribution in [3.8, 4) is 0 Å². The molecule has 0 saturated heterocycles. The highest BCUT2D eigenvalue weighted by Crippen LogP contribution is 2.17. The summed E-state index contributed by atoms with van der Waals surface area (Å²) in [6.45, 7) is 1.31. The van der Waals surface area contributed by atoms with Crippen LogP contribution in [0.15, 0.2) is 0 Å². The van der Waals surface area contributed by atoms with Gasteiger partial charge in [-0.25, -0.2) is 8.42 Å². The van der Waals surface area contributed by atoms with E-state index in [9.17, 15) is 18.0 Å². The van der Waals surface area contributed by atoms with Gasteiger partial charge in [-0.2, -0.15) is 0 Å². The average molecular weight is 277 g/mol. The first kappa shape index (κ1) is 14.9. The second-order valence-corrected chi connectivity index (χ2v) is 6.95. The third kappa shape index (κ3) is 5.03. The zero-order valence-corrected chi connectivity index (χ0v) is 11.2. The van der Waals surface area contributed by atoms with Crippen LogP contribution in [0.3, 0.4) is 0 Å². The van der Waals surface area contributed by atoms with E-state index in [1.54, 1.807) is 0 Å². The fraction of sp³-hybridized carbons (Fsp3) is 0.818. The number of carboxylic acid groups (broad SMARTS) is 1. The molecule has 0 spiro atoms. The van der Waals surface area contributed by atoms with Crippen molar-refractivity contribution in [3.63, 3.8) is 0 Å². The number of sulfone groups is 1. The number of amides is 1. The summed E-state index contributed by atoms with van der Waals surface area (Å²) < 4.78 is 23.2. The summed E-state index contributed by atoms with van der Waals surface area (Å²) >= 11 is 0. The van der Waals surface area contributed by atoms with E-state index in [1.807, 2.05) is 0 Å². The van der Waals surface area contributed by atoms with Gasteiger partial charge in [-0.1, -0.05) is 19.8 Å². The van der Waals surface area contributed by atoms with Crippen LogP contribution >= 0.6 is 0 Å². The fourth-order valence-electron chi connectivity index (χ4n) is 2.05. The summed E-state index contributed by atoms with van der Waals surface area (Å²) in [5.41, 5.74) is 0. The molecular weight excluding hydrogens is 258 g/mol. The average Bonchev–Trinajstić information content (AvgIpc) is 2.67. The summed E-state index contributed by atoms with van der Waals surface area (Å²) in [6, 6.07) is 0.0737. The van der Waals surface area contributed by atoms with Gasteiger partial charge < -0.3 is 10.4 Å². The zero-order chi connectivity index (χ0) is 13.8. The molecule has 1 aliphatic rings. The number of hydrogen-bond acceptors (Lipinski definition) is 4. The van der Waals surface area contributed by atoms with Gasteiger partial charge in [-0.3, -0.25) is 9.59 Å². The third-order valence-electron chi connectivity index (χ3n) is 3.00. The van der Waals surface area contributed by atoms with Gasteiger partial charge in [0.1, 0.15) is 5.75 Å². The summed E-state index contributed by atoms with van der Waals surface area (Å²) in [6.07, 6.45) is 3.87. The predicted octanol–water partition coefficient (Wildman–Crippen LogP) is 0.181. The van der Waals surface area contributed by atoms with E-state index >= 15 is 0 Å². The minimum absolute atomic E-state index is 0.0737. The van der Waals surface area contributed by atoms with Crippen molar-refractivity contribution >= 4 is 21.7 Å². The number of hydrogen-bond donors (Lipinski definition) is 2. The molecule has 0 radical (unpaired) electrons. The largest absolute Gasteiger partial charge is 0.481 e. The lowest BCUT2D eigenvalue weighted by atomic mass is 10.2. The lowest BCUT2D eigenvalue weighted by Gasteiger charge is -2.12. The number of carbonyl (C=O) groups excluding carboxylic acids is 1. The first-order chi connectivity index (χ1) is 8.30. The van der Waals surface area contributed by atoms with Crippen LogP contribution < -0.4 is 5.32 Å². The molecule has 1 rings (SSSR count). The van der Waals surface area contributed by atoms with Gasteiger partial charge in [0.05, 0.1) is 11.7 Å². The first-order valence-electron chi connectivity index (χ1n) is 6.03. The topological polar surface area (TPSA) is 101 Å². The van der Waals surface area contributed by atoms with Crippen LogP contribution in [0.5, 0.6) is 0 Å². The van der Waals surface area contributed by atoms with Crippen molar-refractivity contribution < 1.29 is 23.1 Å². The van der Waals surface area contributed by atoms with Gasteiger partial charge in [0.2, 0.25) is 5.91 Å². The van der Waals surface area contributed by atoms with Crippen LogP contribution in [0.4, 0.5) is 0 Å². The van der Waals surface area contributed by atoms with E-state index in [0.29, 0.717) is 0 Å². The van der Waals surface area contributed by atoms with Crippen molar-refractivity contribution in [2.75, 3.05) is 11.5 Å². The van der Waals surface area contributed by atoms with E-state index in [-0.39, 0.29) is 6.04 Å². The Bertz CT molecular complexity index is 411. The van der Waals surface area contributed by atoms with Gasteiger partial charge in [-0.05, 0) is 12.8 Å². The Morgan fingerprint density at radius 3 is 2.39 bits per heavy atom. The Balaban J connectivity index is 2.44. The van der Waals surface area contributed by atoms with E-state index in [4.69, 9.17) is 5.11 Å². The Labute approximate surface area is 107 Å². The first-order valence-corrected chi connectivity index (χ1v) is 7.85. The van der Waals surface area contributed by atoms with Crippen molar-refractivity contribution in [3.05, 3.63) is 0 Å². The molecule has 0 aromatic carbocycles. The van der Waals surface area contributed by atoms with Crippen LogP contribution in [-0.2, 0) is 19.4 Å². The zero-order valence-electron chi connectivity index (χ0n) is 10.4. The van der Waals surface area contributed by atoms with Crippen molar-refractivity contribution in [2.45, 2.75) is 38.6 Å². The quantitative estimate of drug-likeness (QED) is 0.721. The van der Waals surface area contributed by atoms with Crippen molar-refractivity contribution in [1.29, 1.82) is 0 Å². The van der Waals surface area contributed by atoms with E-state index < -0.39 is 39.1 Å². The number of aliphatic carboxylic acids is 1. The maximum absolute atomic E-state index is 11.6. The maximum atomic E-state index is 11.6. The summed E-state index contributed by atoms with van der Waals surface area (Å²) in [5.74, 6) is -3.81. The number of carboxylic acids is 1. The molecule has 0 aliphatic heterocycles. The van der Waals surface area contributed by atoms with Crippen LogP contribution in [0.25, 0.3) is 0 Å².